The van der Waals surface area contributed by atoms with Gasteiger partial charge in [-0.05, 0) is 26.2 Å². The van der Waals surface area contributed by atoms with Crippen LogP contribution in [0.25, 0.3) is 0 Å². The van der Waals surface area contributed by atoms with Gasteiger partial charge in [0.25, 0.3) is 0 Å². The fourth-order valence-corrected chi connectivity index (χ4v) is 2.09. The first-order chi connectivity index (χ1) is 9.53. The lowest BCUT2D eigenvalue weighted by Crippen LogP contribution is -2.28. The third-order valence-corrected chi connectivity index (χ3v) is 3.42. The van der Waals surface area contributed by atoms with E-state index in [-0.39, 0.29) is 12.6 Å². The lowest BCUT2D eigenvalue weighted by Gasteiger charge is -2.24. The lowest BCUT2D eigenvalue weighted by atomic mass is 10.0. The predicted molar refractivity (Wildman–Crippen MR) is 84.3 cm³/mol. The van der Waals surface area contributed by atoms with Crippen LogP contribution in [0.1, 0.15) is 45.5 Å². The van der Waals surface area contributed by atoms with Crippen molar-refractivity contribution < 1.29 is 5.11 Å². The zero-order valence-corrected chi connectivity index (χ0v) is 13.3. The molecule has 1 heterocycles. The fourth-order valence-electron chi connectivity index (χ4n) is 2.09. The standard InChI is InChI=1S/C15H28N4O/c1-6-13-18-14(16-7-2)11(5)15(19-13)17-12(8-9-20)10(3)4/h10,12,20H,6-9H2,1-5H3,(H2,16,17,18,19). The van der Waals surface area contributed by atoms with E-state index in [9.17, 15) is 5.11 Å². The Morgan fingerprint density at radius 1 is 1.15 bits per heavy atom. The van der Waals surface area contributed by atoms with Gasteiger partial charge in [-0.1, -0.05) is 20.8 Å². The monoisotopic (exact) mass is 280 g/mol. The van der Waals surface area contributed by atoms with Crippen molar-refractivity contribution in [3.8, 4) is 0 Å². The minimum Gasteiger partial charge on any atom is -0.396 e. The molecule has 0 aliphatic carbocycles. The lowest BCUT2D eigenvalue weighted by molar-refractivity contribution is 0.267. The summed E-state index contributed by atoms with van der Waals surface area (Å²) >= 11 is 0. The average molecular weight is 280 g/mol. The highest BCUT2D eigenvalue weighted by Crippen LogP contribution is 2.23. The molecule has 0 aromatic carbocycles. The van der Waals surface area contributed by atoms with E-state index >= 15 is 0 Å². The topological polar surface area (TPSA) is 70.1 Å². The van der Waals surface area contributed by atoms with Crippen LogP contribution in [0.5, 0.6) is 0 Å². The van der Waals surface area contributed by atoms with Crippen LogP contribution < -0.4 is 10.6 Å². The summed E-state index contributed by atoms with van der Waals surface area (Å²) in [5.41, 5.74) is 1.03. The Morgan fingerprint density at radius 2 is 1.80 bits per heavy atom. The number of rotatable bonds is 8. The smallest absolute Gasteiger partial charge is 0.135 e. The third-order valence-electron chi connectivity index (χ3n) is 3.42. The summed E-state index contributed by atoms with van der Waals surface area (Å²) in [5, 5.41) is 15.9. The van der Waals surface area contributed by atoms with Gasteiger partial charge in [-0.15, -0.1) is 0 Å². The number of aliphatic hydroxyl groups excluding tert-OH is 1. The summed E-state index contributed by atoms with van der Waals surface area (Å²) < 4.78 is 0. The summed E-state index contributed by atoms with van der Waals surface area (Å²) in [6.45, 7) is 11.5. The highest BCUT2D eigenvalue weighted by molar-refractivity contribution is 5.57. The molecule has 0 aliphatic heterocycles. The first-order valence-electron chi connectivity index (χ1n) is 7.52. The largest absolute Gasteiger partial charge is 0.396 e. The molecule has 1 atom stereocenters. The van der Waals surface area contributed by atoms with Gasteiger partial charge in [0, 0.05) is 31.2 Å². The Morgan fingerprint density at radius 3 is 2.30 bits per heavy atom. The third kappa shape index (κ3) is 4.34. The summed E-state index contributed by atoms with van der Waals surface area (Å²) in [6, 6.07) is 0.216. The van der Waals surface area contributed by atoms with Crippen molar-refractivity contribution in [2.24, 2.45) is 5.92 Å². The summed E-state index contributed by atoms with van der Waals surface area (Å²) in [5.74, 6) is 3.04. The van der Waals surface area contributed by atoms with Crippen molar-refractivity contribution in [1.82, 2.24) is 9.97 Å². The van der Waals surface area contributed by atoms with Gasteiger partial charge in [0.2, 0.25) is 0 Å². The minimum absolute atomic E-state index is 0.181. The molecule has 0 amide bonds. The van der Waals surface area contributed by atoms with E-state index in [0.717, 1.165) is 42.4 Å². The average Bonchev–Trinajstić information content (AvgIpc) is 2.42. The van der Waals surface area contributed by atoms with Crippen molar-refractivity contribution in [3.63, 3.8) is 0 Å². The minimum atomic E-state index is 0.181. The van der Waals surface area contributed by atoms with Gasteiger partial charge in [0.1, 0.15) is 17.5 Å². The van der Waals surface area contributed by atoms with Crippen LogP contribution in [0.3, 0.4) is 0 Å². The molecule has 5 heteroatoms. The molecular formula is C15H28N4O. The number of aliphatic hydroxyl groups is 1. The summed E-state index contributed by atoms with van der Waals surface area (Å²) in [4.78, 5) is 9.12. The maximum absolute atomic E-state index is 9.19. The van der Waals surface area contributed by atoms with Gasteiger partial charge in [-0.25, -0.2) is 9.97 Å². The first-order valence-corrected chi connectivity index (χ1v) is 7.52. The van der Waals surface area contributed by atoms with Crippen molar-refractivity contribution >= 4 is 11.6 Å². The van der Waals surface area contributed by atoms with Crippen LogP contribution in [0.15, 0.2) is 0 Å². The number of aryl methyl sites for hydroxylation is 1. The molecule has 1 unspecified atom stereocenters. The zero-order valence-electron chi connectivity index (χ0n) is 13.3. The van der Waals surface area contributed by atoms with Crippen molar-refractivity contribution in [2.75, 3.05) is 23.8 Å². The number of hydrogen-bond acceptors (Lipinski definition) is 5. The second-order valence-electron chi connectivity index (χ2n) is 5.35. The number of anilines is 2. The second-order valence-corrected chi connectivity index (χ2v) is 5.35. The van der Waals surface area contributed by atoms with Gasteiger partial charge in [-0.2, -0.15) is 0 Å². The van der Waals surface area contributed by atoms with E-state index in [4.69, 9.17) is 0 Å². The van der Waals surface area contributed by atoms with Crippen LogP contribution >= 0.6 is 0 Å². The molecule has 0 radical (unpaired) electrons. The number of hydrogen-bond donors (Lipinski definition) is 3. The Bertz CT molecular complexity index is 421. The first kappa shape index (κ1) is 16.7. The summed E-state index contributed by atoms with van der Waals surface area (Å²) in [6.07, 6.45) is 1.53. The number of aromatic nitrogens is 2. The van der Waals surface area contributed by atoms with Crippen LogP contribution in [0.2, 0.25) is 0 Å². The SMILES string of the molecule is CCNc1nc(CC)nc(NC(CCO)C(C)C)c1C. The molecule has 0 saturated heterocycles. The molecule has 0 saturated carbocycles. The Balaban J connectivity index is 3.05. The van der Waals surface area contributed by atoms with E-state index in [2.05, 4.69) is 48.3 Å². The van der Waals surface area contributed by atoms with Crippen molar-refractivity contribution in [1.29, 1.82) is 0 Å². The van der Waals surface area contributed by atoms with Crippen LogP contribution in [-0.4, -0.2) is 34.3 Å². The molecule has 0 aliphatic rings. The van der Waals surface area contributed by atoms with E-state index in [1.54, 1.807) is 0 Å². The highest BCUT2D eigenvalue weighted by atomic mass is 16.3. The molecule has 5 nitrogen and oxygen atoms in total. The molecule has 1 rings (SSSR count). The summed E-state index contributed by atoms with van der Waals surface area (Å²) in [7, 11) is 0. The molecule has 114 valence electrons. The normalized spacial score (nSPS) is 12.6. The van der Waals surface area contributed by atoms with E-state index in [0.29, 0.717) is 5.92 Å². The maximum Gasteiger partial charge on any atom is 0.135 e. The van der Waals surface area contributed by atoms with E-state index in [1.165, 1.54) is 0 Å². The van der Waals surface area contributed by atoms with Gasteiger partial charge in [-0.3, -0.25) is 0 Å². The molecule has 20 heavy (non-hydrogen) atoms. The van der Waals surface area contributed by atoms with Crippen LogP contribution in [-0.2, 0) is 6.42 Å². The van der Waals surface area contributed by atoms with Crippen LogP contribution in [0.4, 0.5) is 11.6 Å². The molecular weight excluding hydrogens is 252 g/mol. The molecule has 0 bridgehead atoms. The molecule has 0 fully saturated rings. The van der Waals surface area contributed by atoms with E-state index in [1.807, 2.05) is 6.92 Å². The second kappa shape index (κ2) is 8.04. The Kier molecular flexibility index (Phi) is 6.71. The predicted octanol–water partition coefficient (Wildman–Crippen LogP) is 2.60. The fraction of sp³-hybridized carbons (Fsp3) is 0.733. The molecule has 0 spiro atoms. The van der Waals surface area contributed by atoms with Gasteiger partial charge < -0.3 is 15.7 Å². The van der Waals surface area contributed by atoms with Crippen molar-refractivity contribution in [3.05, 3.63) is 11.4 Å². The van der Waals surface area contributed by atoms with E-state index < -0.39 is 0 Å². The highest BCUT2D eigenvalue weighted by Gasteiger charge is 2.16. The zero-order chi connectivity index (χ0) is 15.1. The van der Waals surface area contributed by atoms with Gasteiger partial charge in [0.15, 0.2) is 0 Å². The quantitative estimate of drug-likeness (QED) is 0.683. The van der Waals surface area contributed by atoms with Crippen molar-refractivity contribution in [2.45, 2.75) is 53.5 Å². The van der Waals surface area contributed by atoms with Gasteiger partial charge in [0.05, 0.1) is 0 Å². The number of nitrogens with zero attached hydrogens (tertiary/aromatic N) is 2. The molecule has 1 aromatic heterocycles. The Hall–Kier alpha value is -1.36. The molecule has 3 N–H and O–H groups in total. The van der Waals surface area contributed by atoms with Crippen LogP contribution in [0, 0.1) is 12.8 Å². The van der Waals surface area contributed by atoms with Gasteiger partial charge >= 0.3 is 0 Å². The maximum atomic E-state index is 9.19. The molecule has 1 aromatic rings. The number of nitrogens with one attached hydrogen (secondary N) is 2. The Labute approximate surface area is 122 Å².